The summed E-state index contributed by atoms with van der Waals surface area (Å²) in [4.78, 5) is 17.1. The van der Waals surface area contributed by atoms with Crippen LogP contribution in [0.5, 0.6) is 0 Å². The first-order valence-corrected chi connectivity index (χ1v) is 8.52. The molecule has 0 saturated heterocycles. The molecule has 1 heterocycles. The molecule has 0 aliphatic heterocycles. The van der Waals surface area contributed by atoms with E-state index in [9.17, 15) is 4.79 Å². The van der Waals surface area contributed by atoms with Crippen molar-refractivity contribution in [3.05, 3.63) is 59.3 Å². The molecule has 0 aliphatic carbocycles. The Morgan fingerprint density at radius 1 is 1.09 bits per heavy atom. The summed E-state index contributed by atoms with van der Waals surface area (Å²) in [5.74, 6) is 0.713. The maximum Gasteiger partial charge on any atom is 0.196 e. The summed E-state index contributed by atoms with van der Waals surface area (Å²) in [6.45, 7) is 5.07. The van der Waals surface area contributed by atoms with Crippen LogP contribution in [-0.2, 0) is 0 Å². The van der Waals surface area contributed by atoms with Crippen molar-refractivity contribution in [2.75, 3.05) is 11.9 Å². The molecule has 3 nitrogen and oxygen atoms in total. The van der Waals surface area contributed by atoms with E-state index < -0.39 is 0 Å². The fourth-order valence-electron chi connectivity index (χ4n) is 2.61. The molecule has 3 heteroatoms. The second-order valence-corrected chi connectivity index (χ2v) is 5.94. The lowest BCUT2D eigenvalue weighted by Gasteiger charge is -2.10. The van der Waals surface area contributed by atoms with Crippen LogP contribution in [-0.4, -0.2) is 17.3 Å². The molecule has 0 unspecified atom stereocenters. The standard InChI is InChI=1S/C20H26N2O/c1-3-4-5-6-7-13-21-20-18(12-9-14-22-20)19(23)17-11-8-10-16(2)15-17/h8-12,14-15H,3-7,13H2,1-2H3,(H,21,22). The van der Waals surface area contributed by atoms with Gasteiger partial charge in [-0.2, -0.15) is 0 Å². The minimum Gasteiger partial charge on any atom is -0.369 e. The van der Waals surface area contributed by atoms with Gasteiger partial charge in [0.2, 0.25) is 0 Å². The highest BCUT2D eigenvalue weighted by atomic mass is 16.1. The number of pyridine rings is 1. The highest BCUT2D eigenvalue weighted by Crippen LogP contribution is 2.18. The maximum absolute atomic E-state index is 12.7. The van der Waals surface area contributed by atoms with Gasteiger partial charge in [-0.3, -0.25) is 4.79 Å². The average molecular weight is 310 g/mol. The van der Waals surface area contributed by atoms with Gasteiger partial charge in [0.25, 0.3) is 0 Å². The second kappa shape index (κ2) is 9.09. The number of ketones is 1. The molecule has 1 aromatic heterocycles. The number of rotatable bonds is 9. The molecule has 0 fully saturated rings. The summed E-state index contributed by atoms with van der Waals surface area (Å²) >= 11 is 0. The van der Waals surface area contributed by atoms with Gasteiger partial charge in [0.15, 0.2) is 5.78 Å². The number of unbranched alkanes of at least 4 members (excludes halogenated alkanes) is 4. The Hall–Kier alpha value is -2.16. The van der Waals surface area contributed by atoms with Crippen molar-refractivity contribution in [1.82, 2.24) is 4.98 Å². The number of aryl methyl sites for hydroxylation is 1. The van der Waals surface area contributed by atoms with Crippen LogP contribution in [0.4, 0.5) is 5.82 Å². The van der Waals surface area contributed by atoms with Crippen LogP contribution < -0.4 is 5.32 Å². The number of hydrogen-bond donors (Lipinski definition) is 1. The lowest BCUT2D eigenvalue weighted by atomic mass is 10.0. The minimum absolute atomic E-state index is 0.0234. The SMILES string of the molecule is CCCCCCCNc1ncccc1C(=O)c1cccc(C)c1. The van der Waals surface area contributed by atoms with Crippen molar-refractivity contribution < 1.29 is 4.79 Å². The van der Waals surface area contributed by atoms with Gasteiger partial charge in [0.05, 0.1) is 5.56 Å². The van der Waals surface area contributed by atoms with E-state index in [1.807, 2.05) is 43.3 Å². The summed E-state index contributed by atoms with van der Waals surface area (Å²) < 4.78 is 0. The monoisotopic (exact) mass is 310 g/mol. The maximum atomic E-state index is 12.7. The van der Waals surface area contributed by atoms with Crippen LogP contribution in [0.3, 0.4) is 0 Å². The second-order valence-electron chi connectivity index (χ2n) is 5.94. The van der Waals surface area contributed by atoms with Crippen LogP contribution in [0.25, 0.3) is 0 Å². The predicted octanol–water partition coefficient (Wildman–Crippen LogP) is 5.00. The van der Waals surface area contributed by atoms with Crippen LogP contribution in [0, 0.1) is 6.92 Å². The zero-order valence-corrected chi connectivity index (χ0v) is 14.1. The molecule has 2 aromatic rings. The summed E-state index contributed by atoms with van der Waals surface area (Å²) in [7, 11) is 0. The molecule has 2 rings (SSSR count). The van der Waals surface area contributed by atoms with Crippen molar-refractivity contribution in [2.24, 2.45) is 0 Å². The zero-order valence-electron chi connectivity index (χ0n) is 14.1. The third kappa shape index (κ3) is 5.20. The highest BCUT2D eigenvalue weighted by Gasteiger charge is 2.14. The zero-order chi connectivity index (χ0) is 16.5. The van der Waals surface area contributed by atoms with Gasteiger partial charge >= 0.3 is 0 Å². The molecule has 0 atom stereocenters. The molecule has 0 saturated carbocycles. The van der Waals surface area contributed by atoms with Crippen molar-refractivity contribution >= 4 is 11.6 Å². The summed E-state index contributed by atoms with van der Waals surface area (Å²) in [6.07, 6.45) is 7.87. The minimum atomic E-state index is 0.0234. The van der Waals surface area contributed by atoms with Crippen LogP contribution in [0.15, 0.2) is 42.6 Å². The van der Waals surface area contributed by atoms with Crippen molar-refractivity contribution in [3.8, 4) is 0 Å². The normalized spacial score (nSPS) is 10.5. The van der Waals surface area contributed by atoms with Crippen molar-refractivity contribution in [3.63, 3.8) is 0 Å². The smallest absolute Gasteiger partial charge is 0.196 e. The first-order chi connectivity index (χ1) is 11.2. The number of nitrogens with one attached hydrogen (secondary N) is 1. The van der Waals surface area contributed by atoms with E-state index in [4.69, 9.17) is 0 Å². The van der Waals surface area contributed by atoms with Gasteiger partial charge in [-0.05, 0) is 31.5 Å². The van der Waals surface area contributed by atoms with Crippen LogP contribution in [0.1, 0.15) is 60.5 Å². The Morgan fingerprint density at radius 2 is 1.91 bits per heavy atom. The molecule has 122 valence electrons. The summed E-state index contributed by atoms with van der Waals surface area (Å²) in [6, 6.07) is 11.3. The predicted molar refractivity (Wildman–Crippen MR) is 96.1 cm³/mol. The van der Waals surface area contributed by atoms with Gasteiger partial charge in [0.1, 0.15) is 5.82 Å². The van der Waals surface area contributed by atoms with E-state index in [0.29, 0.717) is 16.9 Å². The molecule has 0 amide bonds. The molecule has 0 bridgehead atoms. The van der Waals surface area contributed by atoms with E-state index in [1.54, 1.807) is 6.20 Å². The third-order valence-electron chi connectivity index (χ3n) is 3.91. The van der Waals surface area contributed by atoms with Gasteiger partial charge < -0.3 is 5.32 Å². The highest BCUT2D eigenvalue weighted by molar-refractivity contribution is 6.11. The third-order valence-corrected chi connectivity index (χ3v) is 3.91. The lowest BCUT2D eigenvalue weighted by molar-refractivity contribution is 0.103. The first kappa shape index (κ1) is 17.2. The number of nitrogens with zero attached hydrogens (tertiary/aromatic N) is 1. The Balaban J connectivity index is 2.01. The Labute approximate surface area is 139 Å². The van der Waals surface area contributed by atoms with E-state index in [-0.39, 0.29) is 5.78 Å². The fraction of sp³-hybridized carbons (Fsp3) is 0.400. The molecule has 0 aliphatic rings. The number of carbonyl (C=O) groups is 1. The number of anilines is 1. The number of benzene rings is 1. The molecule has 0 spiro atoms. The topological polar surface area (TPSA) is 42.0 Å². The Kier molecular flexibility index (Phi) is 6.79. The van der Waals surface area contributed by atoms with Crippen molar-refractivity contribution in [2.45, 2.75) is 46.0 Å². The average Bonchev–Trinajstić information content (AvgIpc) is 2.58. The molecule has 23 heavy (non-hydrogen) atoms. The van der Waals surface area contributed by atoms with E-state index >= 15 is 0 Å². The summed E-state index contributed by atoms with van der Waals surface area (Å²) in [5.41, 5.74) is 2.45. The van der Waals surface area contributed by atoms with Gasteiger partial charge in [-0.25, -0.2) is 4.98 Å². The molecule has 1 N–H and O–H groups in total. The quantitative estimate of drug-likeness (QED) is 0.523. The van der Waals surface area contributed by atoms with Crippen LogP contribution >= 0.6 is 0 Å². The molecular formula is C20H26N2O. The number of aromatic nitrogens is 1. The van der Waals surface area contributed by atoms with E-state index in [2.05, 4.69) is 17.2 Å². The van der Waals surface area contributed by atoms with Crippen LogP contribution in [0.2, 0.25) is 0 Å². The van der Waals surface area contributed by atoms with Gasteiger partial charge in [-0.1, -0.05) is 56.4 Å². The largest absolute Gasteiger partial charge is 0.369 e. The fourth-order valence-corrected chi connectivity index (χ4v) is 2.61. The Bertz CT molecular complexity index is 637. The van der Waals surface area contributed by atoms with Gasteiger partial charge in [-0.15, -0.1) is 0 Å². The molecular weight excluding hydrogens is 284 g/mol. The van der Waals surface area contributed by atoms with Gasteiger partial charge in [0, 0.05) is 18.3 Å². The number of hydrogen-bond acceptors (Lipinski definition) is 3. The lowest BCUT2D eigenvalue weighted by Crippen LogP contribution is -2.10. The molecule has 0 radical (unpaired) electrons. The number of carbonyl (C=O) groups excluding carboxylic acids is 1. The molecule has 1 aromatic carbocycles. The van der Waals surface area contributed by atoms with E-state index in [1.165, 1.54) is 25.7 Å². The van der Waals surface area contributed by atoms with E-state index in [0.717, 1.165) is 18.5 Å². The first-order valence-electron chi connectivity index (χ1n) is 8.52. The summed E-state index contributed by atoms with van der Waals surface area (Å²) in [5, 5.41) is 3.32. The van der Waals surface area contributed by atoms with Crippen molar-refractivity contribution in [1.29, 1.82) is 0 Å². The Morgan fingerprint density at radius 3 is 2.70 bits per heavy atom.